The van der Waals surface area contributed by atoms with E-state index in [1.54, 1.807) is 4.90 Å². The minimum atomic E-state index is -0.0568. The number of hydrogen-bond acceptors (Lipinski definition) is 2. The minimum absolute atomic E-state index is 0.0391. The highest BCUT2D eigenvalue weighted by atomic mass is 16.2. The molecule has 1 heterocycles. The number of aromatic nitrogens is 1. The minimum Gasteiger partial charge on any atom is -0.353 e. The van der Waals surface area contributed by atoms with Crippen molar-refractivity contribution in [1.82, 2.24) is 14.4 Å². The van der Waals surface area contributed by atoms with Crippen molar-refractivity contribution >= 4 is 11.8 Å². The molecular weight excluding hydrogens is 386 g/mol. The van der Waals surface area contributed by atoms with E-state index in [1.165, 1.54) is 5.56 Å². The molecule has 1 fully saturated rings. The summed E-state index contributed by atoms with van der Waals surface area (Å²) in [6, 6.07) is 12.3. The van der Waals surface area contributed by atoms with Crippen LogP contribution in [0.2, 0.25) is 0 Å². The van der Waals surface area contributed by atoms with Crippen LogP contribution >= 0.6 is 0 Å². The van der Waals surface area contributed by atoms with Crippen LogP contribution in [0.1, 0.15) is 68.1 Å². The van der Waals surface area contributed by atoms with Crippen LogP contribution in [0, 0.1) is 5.92 Å². The molecule has 5 nitrogen and oxygen atoms in total. The summed E-state index contributed by atoms with van der Waals surface area (Å²) in [5.41, 5.74) is 3.03. The summed E-state index contributed by atoms with van der Waals surface area (Å²) in [6.07, 6.45) is 7.45. The van der Waals surface area contributed by atoms with E-state index in [4.69, 9.17) is 0 Å². The third-order valence-corrected chi connectivity index (χ3v) is 5.91. The largest absolute Gasteiger partial charge is 0.353 e. The molecule has 0 N–H and O–H groups in total. The van der Waals surface area contributed by atoms with Gasteiger partial charge in [-0.2, -0.15) is 0 Å². The molecule has 1 aromatic heterocycles. The molecule has 1 aromatic carbocycles. The van der Waals surface area contributed by atoms with Gasteiger partial charge in [0.1, 0.15) is 6.54 Å². The topological polar surface area (TPSA) is 45.6 Å². The third-order valence-electron chi connectivity index (χ3n) is 5.91. The fraction of sp³-hybridized carbons (Fsp3) is 0.538. The van der Waals surface area contributed by atoms with Crippen LogP contribution in [0.25, 0.3) is 0 Å². The molecule has 0 bridgehead atoms. The molecule has 31 heavy (non-hydrogen) atoms. The lowest BCUT2D eigenvalue weighted by Crippen LogP contribution is -2.45. The monoisotopic (exact) mass is 423 g/mol. The van der Waals surface area contributed by atoms with E-state index >= 15 is 0 Å². The van der Waals surface area contributed by atoms with Crippen molar-refractivity contribution < 1.29 is 9.59 Å². The van der Waals surface area contributed by atoms with Crippen molar-refractivity contribution in [2.75, 3.05) is 13.1 Å². The maximum Gasteiger partial charge on any atom is 0.254 e. The van der Waals surface area contributed by atoms with Crippen molar-refractivity contribution in [3.8, 4) is 0 Å². The number of benzene rings is 1. The van der Waals surface area contributed by atoms with E-state index in [0.717, 1.165) is 37.8 Å². The van der Waals surface area contributed by atoms with E-state index in [-0.39, 0.29) is 18.4 Å². The van der Waals surface area contributed by atoms with Crippen molar-refractivity contribution in [2.45, 2.75) is 65.5 Å². The molecule has 0 saturated heterocycles. The fourth-order valence-corrected chi connectivity index (χ4v) is 3.93. The number of hydrogen-bond donors (Lipinski definition) is 0. The first-order valence-corrected chi connectivity index (χ1v) is 11.7. The summed E-state index contributed by atoms with van der Waals surface area (Å²) < 4.78 is 2.06. The Labute approximate surface area is 187 Å². The summed E-state index contributed by atoms with van der Waals surface area (Å²) in [7, 11) is 2.00. The zero-order valence-corrected chi connectivity index (χ0v) is 19.5. The van der Waals surface area contributed by atoms with E-state index in [2.05, 4.69) is 31.4 Å². The highest BCUT2D eigenvalue weighted by molar-refractivity contribution is 5.96. The summed E-state index contributed by atoms with van der Waals surface area (Å²) in [4.78, 5) is 30.2. The Hall–Kier alpha value is -2.56. The first-order chi connectivity index (χ1) is 14.9. The molecular formula is C26H37N3O2. The van der Waals surface area contributed by atoms with Crippen molar-refractivity contribution in [3.05, 3.63) is 59.4 Å². The van der Waals surface area contributed by atoms with Crippen LogP contribution in [0.4, 0.5) is 0 Å². The van der Waals surface area contributed by atoms with E-state index in [1.807, 2.05) is 48.5 Å². The first-order valence-electron chi connectivity index (χ1n) is 11.7. The van der Waals surface area contributed by atoms with Crippen molar-refractivity contribution in [2.24, 2.45) is 13.0 Å². The molecule has 5 heteroatoms. The van der Waals surface area contributed by atoms with Gasteiger partial charge >= 0.3 is 0 Å². The third kappa shape index (κ3) is 6.46. The Morgan fingerprint density at radius 2 is 1.84 bits per heavy atom. The van der Waals surface area contributed by atoms with Crippen LogP contribution in [0.5, 0.6) is 0 Å². The number of unbranched alkanes of at least 4 members (excludes halogenated alkanes) is 1. The van der Waals surface area contributed by atoms with Gasteiger partial charge in [-0.05, 0) is 61.4 Å². The number of rotatable bonds is 11. The SMILES string of the molecule is CCCCc1ccc(C(=O)N(CC(=O)N(Cc2cccn2C)C2CC2)CC(C)C)cc1. The smallest absolute Gasteiger partial charge is 0.254 e. The Balaban J connectivity index is 1.71. The Bertz CT molecular complexity index is 865. The second-order valence-electron chi connectivity index (χ2n) is 9.24. The molecule has 0 unspecified atom stereocenters. The van der Waals surface area contributed by atoms with Gasteiger partial charge in [0.2, 0.25) is 5.91 Å². The summed E-state index contributed by atoms with van der Waals surface area (Å²) in [5, 5.41) is 0. The second kappa shape index (κ2) is 10.7. The highest BCUT2D eigenvalue weighted by Gasteiger charge is 2.34. The van der Waals surface area contributed by atoms with Crippen molar-refractivity contribution in [1.29, 1.82) is 0 Å². The summed E-state index contributed by atoms with van der Waals surface area (Å²) in [6.45, 7) is 7.66. The van der Waals surface area contributed by atoms with Gasteiger partial charge in [-0.3, -0.25) is 9.59 Å². The van der Waals surface area contributed by atoms with E-state index < -0.39 is 0 Å². The molecule has 2 amide bonds. The summed E-state index contributed by atoms with van der Waals surface area (Å²) in [5.74, 6) is 0.277. The fourth-order valence-electron chi connectivity index (χ4n) is 3.93. The van der Waals surface area contributed by atoms with Gasteiger partial charge in [0.25, 0.3) is 5.91 Å². The standard InChI is InChI=1S/C26H37N3O2/c1-5-6-8-21-10-12-22(13-11-21)26(31)28(17-20(2)3)19-25(30)29(23-14-15-23)18-24-9-7-16-27(24)4/h7,9-13,16,20,23H,5-6,8,14-15,17-19H2,1-4H3. The van der Waals surface area contributed by atoms with Gasteiger partial charge in [0.05, 0.1) is 6.54 Å². The van der Waals surface area contributed by atoms with Gasteiger partial charge in [0, 0.05) is 37.1 Å². The normalized spacial score (nSPS) is 13.5. The molecule has 2 aromatic rings. The molecule has 0 spiro atoms. The van der Waals surface area contributed by atoms with E-state index in [9.17, 15) is 9.59 Å². The predicted molar refractivity (Wildman–Crippen MR) is 125 cm³/mol. The maximum atomic E-state index is 13.3. The summed E-state index contributed by atoms with van der Waals surface area (Å²) >= 11 is 0. The zero-order chi connectivity index (χ0) is 22.4. The van der Waals surface area contributed by atoms with Crippen LogP contribution in [-0.2, 0) is 24.8 Å². The number of amides is 2. The molecule has 0 atom stereocenters. The zero-order valence-electron chi connectivity index (χ0n) is 19.5. The number of aryl methyl sites for hydroxylation is 2. The quantitative estimate of drug-likeness (QED) is 0.528. The maximum absolute atomic E-state index is 13.3. The molecule has 0 aliphatic heterocycles. The molecule has 1 aliphatic carbocycles. The lowest BCUT2D eigenvalue weighted by molar-refractivity contribution is -0.133. The highest BCUT2D eigenvalue weighted by Crippen LogP contribution is 2.29. The first kappa shape index (κ1) is 23.1. The van der Waals surface area contributed by atoms with Gasteiger partial charge in [-0.25, -0.2) is 0 Å². The van der Waals surface area contributed by atoms with Gasteiger partial charge in [0.15, 0.2) is 0 Å². The Morgan fingerprint density at radius 1 is 1.13 bits per heavy atom. The molecule has 1 aliphatic rings. The lowest BCUT2D eigenvalue weighted by Gasteiger charge is -2.29. The Kier molecular flexibility index (Phi) is 7.94. The molecule has 1 saturated carbocycles. The van der Waals surface area contributed by atoms with Crippen molar-refractivity contribution in [3.63, 3.8) is 0 Å². The molecule has 0 radical (unpaired) electrons. The van der Waals surface area contributed by atoms with Crippen LogP contribution in [-0.4, -0.2) is 45.3 Å². The second-order valence-corrected chi connectivity index (χ2v) is 9.24. The molecule has 3 rings (SSSR count). The van der Waals surface area contributed by atoms with Crippen LogP contribution in [0.3, 0.4) is 0 Å². The number of nitrogens with zero attached hydrogens (tertiary/aromatic N) is 3. The van der Waals surface area contributed by atoms with Gasteiger partial charge < -0.3 is 14.4 Å². The predicted octanol–water partition coefficient (Wildman–Crippen LogP) is 4.66. The van der Waals surface area contributed by atoms with Crippen LogP contribution < -0.4 is 0 Å². The van der Waals surface area contributed by atoms with Crippen LogP contribution in [0.15, 0.2) is 42.6 Å². The Morgan fingerprint density at radius 3 is 2.39 bits per heavy atom. The number of carbonyl (C=O) groups is 2. The van der Waals surface area contributed by atoms with E-state index in [0.29, 0.717) is 30.6 Å². The molecule has 168 valence electrons. The average molecular weight is 424 g/mol. The number of carbonyl (C=O) groups excluding carboxylic acids is 2. The van der Waals surface area contributed by atoms with Gasteiger partial charge in [-0.15, -0.1) is 0 Å². The lowest BCUT2D eigenvalue weighted by atomic mass is 10.1. The van der Waals surface area contributed by atoms with Gasteiger partial charge in [-0.1, -0.05) is 39.3 Å². The average Bonchev–Trinajstić information content (AvgIpc) is 3.51.